The Hall–Kier alpha value is -0.160. The number of nitrogens with zero attached hydrogens (tertiary/aromatic N) is 2. The van der Waals surface area contributed by atoms with E-state index in [0.29, 0.717) is 6.04 Å². The average molecular weight is 262 g/mol. The normalized spacial score (nSPS) is 21.8. The minimum absolute atomic E-state index is 0. The minimum Gasteiger partial charge on any atom is -0.327 e. The van der Waals surface area contributed by atoms with Crippen LogP contribution >= 0.6 is 23.7 Å². The van der Waals surface area contributed by atoms with E-state index in [4.69, 9.17) is 5.73 Å². The van der Waals surface area contributed by atoms with Crippen LogP contribution in [-0.2, 0) is 6.54 Å². The van der Waals surface area contributed by atoms with Crippen LogP contribution in [0, 0.1) is 13.8 Å². The summed E-state index contributed by atoms with van der Waals surface area (Å²) in [5.74, 6) is 0. The Labute approximate surface area is 107 Å². The second-order valence-electron chi connectivity index (χ2n) is 4.38. The Morgan fingerprint density at radius 1 is 1.50 bits per heavy atom. The van der Waals surface area contributed by atoms with Gasteiger partial charge in [0, 0.05) is 24.0 Å². The van der Waals surface area contributed by atoms with Gasteiger partial charge in [-0.15, -0.1) is 23.7 Å². The van der Waals surface area contributed by atoms with Crippen molar-refractivity contribution in [2.45, 2.75) is 39.3 Å². The van der Waals surface area contributed by atoms with E-state index >= 15 is 0 Å². The number of nitrogens with two attached hydrogens (primary N) is 1. The topological polar surface area (TPSA) is 42.2 Å². The Morgan fingerprint density at radius 2 is 2.25 bits per heavy atom. The molecule has 1 aromatic heterocycles. The summed E-state index contributed by atoms with van der Waals surface area (Å²) < 4.78 is 0. The van der Waals surface area contributed by atoms with Gasteiger partial charge in [0.05, 0.1) is 10.7 Å². The fourth-order valence-electron chi connectivity index (χ4n) is 2.16. The van der Waals surface area contributed by atoms with E-state index in [1.807, 2.05) is 11.3 Å². The molecule has 1 saturated heterocycles. The number of rotatable bonds is 2. The summed E-state index contributed by atoms with van der Waals surface area (Å²) in [5, 5.41) is 1.17. The van der Waals surface area contributed by atoms with Crippen molar-refractivity contribution in [3.05, 3.63) is 15.6 Å². The summed E-state index contributed by atoms with van der Waals surface area (Å²) in [5.41, 5.74) is 7.16. The zero-order chi connectivity index (χ0) is 10.8. The van der Waals surface area contributed by atoms with Crippen molar-refractivity contribution in [3.8, 4) is 0 Å². The van der Waals surface area contributed by atoms with Gasteiger partial charge in [-0.25, -0.2) is 4.98 Å². The molecule has 0 aliphatic carbocycles. The first-order chi connectivity index (χ1) is 7.15. The maximum atomic E-state index is 5.97. The molecule has 0 amide bonds. The van der Waals surface area contributed by atoms with Crippen molar-refractivity contribution in [1.29, 1.82) is 0 Å². The summed E-state index contributed by atoms with van der Waals surface area (Å²) in [6, 6.07) is 0.369. The number of thiazole rings is 1. The number of likely N-dealkylation sites (tertiary alicyclic amines) is 1. The molecule has 1 atom stereocenters. The van der Waals surface area contributed by atoms with Crippen LogP contribution in [0.4, 0.5) is 0 Å². The SMILES string of the molecule is Cc1nc(C)c(CN2CCCC(N)C2)s1.Cl. The first-order valence-corrected chi connectivity index (χ1v) is 6.37. The van der Waals surface area contributed by atoms with Gasteiger partial charge in [-0.3, -0.25) is 4.90 Å². The van der Waals surface area contributed by atoms with Crippen molar-refractivity contribution in [2.24, 2.45) is 5.73 Å². The molecule has 1 aromatic rings. The van der Waals surface area contributed by atoms with E-state index in [1.165, 1.54) is 35.0 Å². The summed E-state index contributed by atoms with van der Waals surface area (Å²) in [7, 11) is 0. The van der Waals surface area contributed by atoms with Crippen LogP contribution in [0.15, 0.2) is 0 Å². The van der Waals surface area contributed by atoms with E-state index in [-0.39, 0.29) is 12.4 Å². The molecule has 3 nitrogen and oxygen atoms in total. The Morgan fingerprint density at radius 3 is 2.81 bits per heavy atom. The Bertz CT molecular complexity index is 340. The molecule has 0 radical (unpaired) electrons. The lowest BCUT2D eigenvalue weighted by Crippen LogP contribution is -2.42. The molecule has 1 aliphatic heterocycles. The molecule has 92 valence electrons. The van der Waals surface area contributed by atoms with Gasteiger partial charge in [-0.1, -0.05) is 0 Å². The number of aromatic nitrogens is 1. The van der Waals surface area contributed by atoms with E-state index in [2.05, 4.69) is 23.7 Å². The van der Waals surface area contributed by atoms with Crippen molar-refractivity contribution < 1.29 is 0 Å². The fourth-order valence-corrected chi connectivity index (χ4v) is 3.14. The van der Waals surface area contributed by atoms with Crippen LogP contribution in [0.1, 0.15) is 28.4 Å². The third kappa shape index (κ3) is 3.42. The van der Waals surface area contributed by atoms with Gasteiger partial charge < -0.3 is 5.73 Å². The highest BCUT2D eigenvalue weighted by Crippen LogP contribution is 2.20. The molecule has 0 saturated carbocycles. The van der Waals surface area contributed by atoms with Gasteiger partial charge >= 0.3 is 0 Å². The van der Waals surface area contributed by atoms with Gasteiger partial charge in [-0.2, -0.15) is 0 Å². The van der Waals surface area contributed by atoms with E-state index < -0.39 is 0 Å². The quantitative estimate of drug-likeness (QED) is 0.887. The minimum atomic E-state index is 0. The first-order valence-electron chi connectivity index (χ1n) is 5.56. The molecule has 5 heteroatoms. The number of hydrogen-bond acceptors (Lipinski definition) is 4. The summed E-state index contributed by atoms with van der Waals surface area (Å²) in [6.07, 6.45) is 2.41. The first kappa shape index (κ1) is 13.9. The van der Waals surface area contributed by atoms with Gasteiger partial charge in [0.2, 0.25) is 0 Å². The standard InChI is InChI=1S/C11H19N3S.ClH/c1-8-11(15-9(2)13-8)7-14-5-3-4-10(12)6-14;/h10H,3-7,12H2,1-2H3;1H. The number of halogens is 1. The van der Waals surface area contributed by atoms with Crippen LogP contribution < -0.4 is 5.73 Å². The Balaban J connectivity index is 0.00000128. The molecule has 0 bridgehead atoms. The van der Waals surface area contributed by atoms with Crippen molar-refractivity contribution >= 4 is 23.7 Å². The van der Waals surface area contributed by atoms with Crippen LogP contribution in [0.5, 0.6) is 0 Å². The summed E-state index contributed by atoms with van der Waals surface area (Å²) in [6.45, 7) is 7.43. The Kier molecular flexibility index (Phi) is 5.18. The van der Waals surface area contributed by atoms with Crippen molar-refractivity contribution in [2.75, 3.05) is 13.1 Å². The zero-order valence-electron chi connectivity index (χ0n) is 9.90. The molecule has 2 rings (SSSR count). The highest BCUT2D eigenvalue weighted by Gasteiger charge is 2.18. The van der Waals surface area contributed by atoms with Crippen LogP contribution in [-0.4, -0.2) is 29.0 Å². The van der Waals surface area contributed by atoms with Gasteiger partial charge in [0.15, 0.2) is 0 Å². The number of hydrogen-bond donors (Lipinski definition) is 1. The maximum Gasteiger partial charge on any atom is 0.0900 e. The fraction of sp³-hybridized carbons (Fsp3) is 0.727. The molecule has 1 fully saturated rings. The van der Waals surface area contributed by atoms with Crippen molar-refractivity contribution in [1.82, 2.24) is 9.88 Å². The highest BCUT2D eigenvalue weighted by atomic mass is 35.5. The third-order valence-electron chi connectivity index (χ3n) is 2.91. The molecule has 2 heterocycles. The monoisotopic (exact) mass is 261 g/mol. The second-order valence-corrected chi connectivity index (χ2v) is 5.67. The van der Waals surface area contributed by atoms with E-state index in [1.54, 1.807) is 0 Å². The van der Waals surface area contributed by atoms with Crippen LogP contribution in [0.3, 0.4) is 0 Å². The molecule has 0 spiro atoms. The molecule has 1 aliphatic rings. The molecular weight excluding hydrogens is 242 g/mol. The lowest BCUT2D eigenvalue weighted by atomic mass is 10.1. The smallest absolute Gasteiger partial charge is 0.0900 e. The predicted molar refractivity (Wildman–Crippen MR) is 71.3 cm³/mol. The van der Waals surface area contributed by atoms with E-state index in [9.17, 15) is 0 Å². The summed E-state index contributed by atoms with van der Waals surface area (Å²) in [4.78, 5) is 8.31. The maximum absolute atomic E-state index is 5.97. The van der Waals surface area contributed by atoms with Crippen LogP contribution in [0.2, 0.25) is 0 Å². The third-order valence-corrected chi connectivity index (χ3v) is 3.97. The largest absolute Gasteiger partial charge is 0.327 e. The van der Waals surface area contributed by atoms with Gasteiger partial charge in [-0.05, 0) is 33.2 Å². The summed E-state index contributed by atoms with van der Waals surface area (Å²) >= 11 is 1.82. The van der Waals surface area contributed by atoms with E-state index in [0.717, 1.165) is 13.1 Å². The molecule has 2 N–H and O–H groups in total. The molecule has 0 aromatic carbocycles. The highest BCUT2D eigenvalue weighted by molar-refractivity contribution is 7.11. The molecule has 1 unspecified atom stereocenters. The van der Waals surface area contributed by atoms with Crippen LogP contribution in [0.25, 0.3) is 0 Å². The molecule has 16 heavy (non-hydrogen) atoms. The second kappa shape index (κ2) is 5.96. The number of aryl methyl sites for hydroxylation is 2. The van der Waals surface area contributed by atoms with Gasteiger partial charge in [0.25, 0.3) is 0 Å². The lowest BCUT2D eigenvalue weighted by molar-refractivity contribution is 0.202. The predicted octanol–water partition coefficient (Wildman–Crippen LogP) is 2.10. The molecular formula is C11H20ClN3S. The number of piperidine rings is 1. The van der Waals surface area contributed by atoms with Gasteiger partial charge in [0.1, 0.15) is 0 Å². The zero-order valence-corrected chi connectivity index (χ0v) is 11.5. The lowest BCUT2D eigenvalue weighted by Gasteiger charge is -2.30. The average Bonchev–Trinajstić information content (AvgIpc) is 2.45. The van der Waals surface area contributed by atoms with Crippen molar-refractivity contribution in [3.63, 3.8) is 0 Å².